The molecule has 1 aliphatic rings. The number of aromatic nitrogens is 3. The van der Waals surface area contributed by atoms with Gasteiger partial charge in [0.25, 0.3) is 0 Å². The molecule has 1 aromatic heterocycles. The highest BCUT2D eigenvalue weighted by Crippen LogP contribution is 2.32. The first-order valence-corrected chi connectivity index (χ1v) is 7.03. The van der Waals surface area contributed by atoms with Gasteiger partial charge in [-0.05, 0) is 17.7 Å². The highest BCUT2D eigenvalue weighted by atomic mass is 15.4. The second-order valence-corrected chi connectivity index (χ2v) is 5.52. The molecule has 0 bridgehead atoms. The molecule has 1 aliphatic heterocycles. The van der Waals surface area contributed by atoms with Gasteiger partial charge in [0.1, 0.15) is 0 Å². The van der Waals surface area contributed by atoms with Crippen LogP contribution in [0.3, 0.4) is 0 Å². The van der Waals surface area contributed by atoms with Crippen molar-refractivity contribution in [1.29, 1.82) is 0 Å². The van der Waals surface area contributed by atoms with Crippen LogP contribution in [0.1, 0.15) is 5.56 Å². The Balaban J connectivity index is 1.79. The van der Waals surface area contributed by atoms with Crippen molar-refractivity contribution in [2.24, 2.45) is 0 Å². The van der Waals surface area contributed by atoms with Crippen LogP contribution < -0.4 is 4.90 Å². The zero-order valence-electron chi connectivity index (χ0n) is 12.1. The van der Waals surface area contributed by atoms with E-state index in [0.717, 1.165) is 29.4 Å². The number of hydrogen-bond acceptors (Lipinski definition) is 3. The molecule has 4 nitrogen and oxygen atoms in total. The first kappa shape index (κ1) is 12.1. The number of nitrogens with zero attached hydrogens (tertiary/aromatic N) is 4. The Bertz CT molecular complexity index is 817. The van der Waals surface area contributed by atoms with Gasteiger partial charge in [-0.25, -0.2) is 9.67 Å². The van der Waals surface area contributed by atoms with E-state index in [1.807, 2.05) is 24.8 Å². The molecule has 0 radical (unpaired) electrons. The SMILES string of the molecule is CN(C)c1cccc(-c2nc3n(n2)Cc2ccccc2-3)c1. The summed E-state index contributed by atoms with van der Waals surface area (Å²) in [4.78, 5) is 6.82. The number of benzene rings is 2. The summed E-state index contributed by atoms with van der Waals surface area (Å²) in [6.07, 6.45) is 0. The fourth-order valence-corrected chi connectivity index (χ4v) is 2.73. The van der Waals surface area contributed by atoms with Crippen LogP contribution in [0.2, 0.25) is 0 Å². The smallest absolute Gasteiger partial charge is 0.181 e. The Morgan fingerprint density at radius 3 is 2.76 bits per heavy atom. The molecule has 104 valence electrons. The lowest BCUT2D eigenvalue weighted by Gasteiger charge is -2.12. The fraction of sp³-hybridized carbons (Fsp3) is 0.176. The van der Waals surface area contributed by atoms with E-state index in [4.69, 9.17) is 4.98 Å². The third-order valence-electron chi connectivity index (χ3n) is 3.87. The van der Waals surface area contributed by atoms with Crippen molar-refractivity contribution < 1.29 is 0 Å². The molecule has 0 saturated heterocycles. The number of hydrogen-bond donors (Lipinski definition) is 0. The highest BCUT2D eigenvalue weighted by Gasteiger charge is 2.22. The number of fused-ring (bicyclic) bond motifs is 3. The molecule has 0 spiro atoms. The Morgan fingerprint density at radius 1 is 1.05 bits per heavy atom. The van der Waals surface area contributed by atoms with E-state index < -0.39 is 0 Å². The Morgan fingerprint density at radius 2 is 1.90 bits per heavy atom. The molecule has 0 unspecified atom stereocenters. The minimum atomic E-state index is 0.795. The molecule has 0 aliphatic carbocycles. The molecule has 4 heteroatoms. The molecule has 4 rings (SSSR count). The van der Waals surface area contributed by atoms with Crippen LogP contribution in [-0.4, -0.2) is 28.9 Å². The van der Waals surface area contributed by atoms with Crippen molar-refractivity contribution in [2.45, 2.75) is 6.54 Å². The van der Waals surface area contributed by atoms with Gasteiger partial charge in [0, 0.05) is 30.9 Å². The minimum absolute atomic E-state index is 0.795. The molecule has 0 fully saturated rings. The molecule has 3 aromatic rings. The van der Waals surface area contributed by atoms with E-state index in [1.165, 1.54) is 11.1 Å². The van der Waals surface area contributed by atoms with Gasteiger partial charge in [0.15, 0.2) is 11.6 Å². The third-order valence-corrected chi connectivity index (χ3v) is 3.87. The van der Waals surface area contributed by atoms with Crippen molar-refractivity contribution in [3.8, 4) is 22.8 Å². The van der Waals surface area contributed by atoms with E-state index in [9.17, 15) is 0 Å². The summed E-state index contributed by atoms with van der Waals surface area (Å²) < 4.78 is 1.99. The van der Waals surface area contributed by atoms with E-state index in [2.05, 4.69) is 52.5 Å². The maximum Gasteiger partial charge on any atom is 0.181 e. The number of rotatable bonds is 2. The zero-order chi connectivity index (χ0) is 14.4. The summed E-state index contributed by atoms with van der Waals surface area (Å²) >= 11 is 0. The van der Waals surface area contributed by atoms with E-state index in [0.29, 0.717) is 0 Å². The van der Waals surface area contributed by atoms with Crippen molar-refractivity contribution in [3.63, 3.8) is 0 Å². The zero-order valence-corrected chi connectivity index (χ0v) is 12.1. The van der Waals surface area contributed by atoms with Crippen LogP contribution in [-0.2, 0) is 6.54 Å². The highest BCUT2D eigenvalue weighted by molar-refractivity contribution is 5.69. The second kappa shape index (κ2) is 4.45. The van der Waals surface area contributed by atoms with Crippen molar-refractivity contribution >= 4 is 5.69 Å². The summed E-state index contributed by atoms with van der Waals surface area (Å²) in [6.45, 7) is 0.811. The van der Waals surface area contributed by atoms with Crippen LogP contribution >= 0.6 is 0 Å². The maximum absolute atomic E-state index is 4.74. The van der Waals surface area contributed by atoms with Gasteiger partial charge in [0.2, 0.25) is 0 Å². The normalized spacial score (nSPS) is 12.1. The van der Waals surface area contributed by atoms with Gasteiger partial charge < -0.3 is 4.90 Å². The maximum atomic E-state index is 4.74. The summed E-state index contributed by atoms with van der Waals surface area (Å²) in [5, 5.41) is 4.66. The first-order chi connectivity index (χ1) is 10.2. The van der Waals surface area contributed by atoms with Crippen molar-refractivity contribution in [2.75, 3.05) is 19.0 Å². The average Bonchev–Trinajstić information content (AvgIpc) is 3.05. The second-order valence-electron chi connectivity index (χ2n) is 5.52. The molecule has 2 heterocycles. The molecule has 2 aromatic carbocycles. The predicted molar refractivity (Wildman–Crippen MR) is 84.3 cm³/mol. The molecule has 0 amide bonds. The average molecular weight is 276 g/mol. The van der Waals surface area contributed by atoms with Crippen LogP contribution in [0.25, 0.3) is 22.8 Å². The first-order valence-electron chi connectivity index (χ1n) is 7.03. The van der Waals surface area contributed by atoms with E-state index >= 15 is 0 Å². The monoisotopic (exact) mass is 276 g/mol. The van der Waals surface area contributed by atoms with Gasteiger partial charge in [-0.15, -0.1) is 0 Å². The van der Waals surface area contributed by atoms with Gasteiger partial charge in [0.05, 0.1) is 6.54 Å². The summed E-state index contributed by atoms with van der Waals surface area (Å²) in [6, 6.07) is 16.7. The van der Waals surface area contributed by atoms with E-state index in [1.54, 1.807) is 0 Å². The largest absolute Gasteiger partial charge is 0.378 e. The predicted octanol–water partition coefficient (Wildman–Crippen LogP) is 3.04. The molecular formula is C17H16N4. The van der Waals surface area contributed by atoms with Crippen molar-refractivity contribution in [1.82, 2.24) is 14.8 Å². The summed E-state index contributed by atoms with van der Waals surface area (Å²) in [5.41, 5.74) is 4.70. The van der Waals surface area contributed by atoms with Crippen LogP contribution in [0.5, 0.6) is 0 Å². The van der Waals surface area contributed by atoms with Crippen LogP contribution in [0.4, 0.5) is 5.69 Å². The standard InChI is InChI=1S/C17H16N4/c1-20(2)14-8-5-7-12(10-14)16-18-17-15-9-4-3-6-13(15)11-21(17)19-16/h3-10H,11H2,1-2H3. The summed E-state index contributed by atoms with van der Waals surface area (Å²) in [7, 11) is 4.08. The Hall–Kier alpha value is -2.62. The summed E-state index contributed by atoms with van der Waals surface area (Å²) in [5.74, 6) is 1.76. The van der Waals surface area contributed by atoms with Gasteiger partial charge in [-0.2, -0.15) is 5.10 Å². The van der Waals surface area contributed by atoms with Gasteiger partial charge in [-0.1, -0.05) is 36.4 Å². The Kier molecular flexibility index (Phi) is 2.57. The Labute approximate surface area is 123 Å². The van der Waals surface area contributed by atoms with E-state index in [-0.39, 0.29) is 0 Å². The van der Waals surface area contributed by atoms with Gasteiger partial charge >= 0.3 is 0 Å². The lowest BCUT2D eigenvalue weighted by Crippen LogP contribution is -2.08. The van der Waals surface area contributed by atoms with Crippen LogP contribution in [0.15, 0.2) is 48.5 Å². The molecule has 0 N–H and O–H groups in total. The lowest BCUT2D eigenvalue weighted by atomic mass is 10.1. The lowest BCUT2D eigenvalue weighted by molar-refractivity contribution is 0.722. The minimum Gasteiger partial charge on any atom is -0.378 e. The molecule has 0 atom stereocenters. The molecule has 21 heavy (non-hydrogen) atoms. The van der Waals surface area contributed by atoms with Gasteiger partial charge in [-0.3, -0.25) is 0 Å². The fourth-order valence-electron chi connectivity index (χ4n) is 2.73. The topological polar surface area (TPSA) is 34.0 Å². The van der Waals surface area contributed by atoms with Crippen molar-refractivity contribution in [3.05, 3.63) is 54.1 Å². The molecular weight excluding hydrogens is 260 g/mol. The quantitative estimate of drug-likeness (QED) is 0.564. The van der Waals surface area contributed by atoms with Crippen LogP contribution in [0, 0.1) is 0 Å². The number of anilines is 1. The third kappa shape index (κ3) is 1.91. The molecule has 0 saturated carbocycles.